The van der Waals surface area contributed by atoms with Crippen molar-refractivity contribution in [3.8, 4) is 34.3 Å². The van der Waals surface area contributed by atoms with Crippen LogP contribution in [0.1, 0.15) is 16.7 Å². The fourth-order valence-electron chi connectivity index (χ4n) is 6.41. The number of hydrogen-bond donors (Lipinski definition) is 1. The summed E-state index contributed by atoms with van der Waals surface area (Å²) in [6.45, 7) is 15.7. The molecule has 0 saturated carbocycles. The van der Waals surface area contributed by atoms with Crippen LogP contribution in [0, 0.1) is 13.8 Å². The van der Waals surface area contributed by atoms with Gasteiger partial charge in [-0.3, -0.25) is 4.90 Å². The summed E-state index contributed by atoms with van der Waals surface area (Å²) in [4.78, 5) is 27.1. The number of hydrogen-bond acceptors (Lipinski definition) is 11. The SMILES string of the molecule is Cc1c(Cl)c2c(Cl)c(C)c1-c1c(Br)sc3ncnc(c13)O[C@@H](C(=O)O)Cc1cc(ccc1OCOCC[Si](C)(C)C)OC[C@@H](CN1CCN(C)CC1)O2. The van der Waals surface area contributed by atoms with E-state index in [2.05, 4.69) is 62.4 Å². The Morgan fingerprint density at radius 2 is 1.79 bits per heavy atom. The number of fused-ring (bicyclic) bond motifs is 7. The summed E-state index contributed by atoms with van der Waals surface area (Å²) < 4.78 is 32.1. The zero-order chi connectivity index (χ0) is 38.0. The Hall–Kier alpha value is -2.69. The van der Waals surface area contributed by atoms with Gasteiger partial charge in [-0.1, -0.05) is 42.8 Å². The van der Waals surface area contributed by atoms with Gasteiger partial charge in [0.05, 0.1) is 19.2 Å². The van der Waals surface area contributed by atoms with Crippen LogP contribution in [0.2, 0.25) is 35.7 Å². The second-order valence-corrected chi connectivity index (χ2v) is 23.4. The van der Waals surface area contributed by atoms with Gasteiger partial charge in [0.1, 0.15) is 35.4 Å². The fraction of sp³-hybridized carbons (Fsp3) is 0.486. The summed E-state index contributed by atoms with van der Waals surface area (Å²) in [5.74, 6) is 0.315. The monoisotopic (exact) mass is 866 g/mol. The molecule has 2 aromatic heterocycles. The van der Waals surface area contributed by atoms with Crippen LogP contribution in [-0.4, -0.2) is 111 Å². The number of thiophene rings is 1. The molecule has 0 amide bonds. The minimum absolute atomic E-state index is 0.0213. The van der Waals surface area contributed by atoms with Crippen molar-refractivity contribution < 1.29 is 33.6 Å². The van der Waals surface area contributed by atoms with Gasteiger partial charge >= 0.3 is 5.97 Å². The molecule has 0 spiro atoms. The molecule has 3 aliphatic heterocycles. The van der Waals surface area contributed by atoms with E-state index in [0.29, 0.717) is 61.8 Å². The highest BCUT2D eigenvalue weighted by Crippen LogP contribution is 2.51. The molecule has 1 fully saturated rings. The molecule has 2 aromatic carbocycles. The van der Waals surface area contributed by atoms with Crippen LogP contribution in [0.25, 0.3) is 21.3 Å². The standard InChI is InChI=1S/C37H45BrCl2N4O7SSi/c1-21-28-22(2)32(40)33(31(21)39)50-25(17-44-11-9-43(3)10-12-44)18-48-24-7-8-26(49-20-47-13-14-53(4,5)6)23(15-24)16-27(37(45)46)51-35-30-29(28)34(38)52-36(30)42-19-41-35/h7-8,15,19,25,27H,9-14,16-18,20H2,1-6H3,(H,45,46)/t25-,27-/m1/s1. The van der Waals surface area contributed by atoms with E-state index in [9.17, 15) is 9.90 Å². The van der Waals surface area contributed by atoms with Gasteiger partial charge in [0.15, 0.2) is 12.5 Å². The maximum atomic E-state index is 12.9. The normalized spacial score (nSPS) is 18.7. The molecule has 286 valence electrons. The van der Waals surface area contributed by atoms with E-state index in [4.69, 9.17) is 46.9 Å². The molecule has 4 bridgehead atoms. The number of piperazine rings is 1. The smallest absolute Gasteiger partial charge is 0.345 e. The number of aromatic nitrogens is 2. The summed E-state index contributed by atoms with van der Waals surface area (Å²) in [7, 11) is 0.828. The number of benzene rings is 2. The van der Waals surface area contributed by atoms with Crippen LogP contribution in [0.3, 0.4) is 0 Å². The number of nitrogens with zero attached hydrogens (tertiary/aromatic N) is 4. The van der Waals surface area contributed by atoms with Crippen molar-refractivity contribution in [3.05, 3.63) is 55.0 Å². The molecule has 0 radical (unpaired) electrons. The first-order chi connectivity index (χ1) is 25.2. The van der Waals surface area contributed by atoms with Crippen LogP contribution < -0.4 is 18.9 Å². The van der Waals surface area contributed by atoms with Crippen LogP contribution in [-0.2, 0) is 16.0 Å². The predicted octanol–water partition coefficient (Wildman–Crippen LogP) is 8.20. The molecular formula is C37H45BrCl2N4O7SSi. The third-order valence-electron chi connectivity index (χ3n) is 9.51. The molecule has 2 atom stereocenters. The lowest BCUT2D eigenvalue weighted by molar-refractivity contribution is -0.145. The van der Waals surface area contributed by atoms with Crippen LogP contribution >= 0.6 is 50.5 Å². The van der Waals surface area contributed by atoms with Crippen LogP contribution in [0.5, 0.6) is 23.1 Å². The average Bonchev–Trinajstić information content (AvgIpc) is 3.44. The van der Waals surface area contributed by atoms with Gasteiger partial charge in [-0.2, -0.15) is 0 Å². The molecule has 11 nitrogen and oxygen atoms in total. The Balaban J connectivity index is 1.45. The van der Waals surface area contributed by atoms with E-state index in [0.717, 1.165) is 52.7 Å². The lowest BCUT2D eigenvalue weighted by atomic mass is 9.95. The summed E-state index contributed by atoms with van der Waals surface area (Å²) >= 11 is 19.4. The van der Waals surface area contributed by atoms with Crippen molar-refractivity contribution in [3.63, 3.8) is 0 Å². The number of aliphatic carboxylic acids is 1. The van der Waals surface area contributed by atoms with E-state index in [-0.39, 0.29) is 25.7 Å². The molecular weight excluding hydrogens is 823 g/mol. The highest BCUT2D eigenvalue weighted by atomic mass is 79.9. The summed E-state index contributed by atoms with van der Waals surface area (Å²) in [6.07, 6.45) is -0.472. The number of carbonyl (C=O) groups is 1. The zero-order valence-electron chi connectivity index (χ0n) is 30.8. The molecule has 53 heavy (non-hydrogen) atoms. The molecule has 3 aliphatic rings. The Kier molecular flexibility index (Phi) is 12.8. The van der Waals surface area contributed by atoms with Gasteiger partial charge in [0.25, 0.3) is 0 Å². The molecule has 1 saturated heterocycles. The molecule has 1 N–H and O–H groups in total. The summed E-state index contributed by atoms with van der Waals surface area (Å²) in [5.41, 5.74) is 3.50. The Bertz CT molecular complexity index is 1940. The van der Waals surface area contributed by atoms with Gasteiger partial charge in [0, 0.05) is 65.0 Å². The maximum Gasteiger partial charge on any atom is 0.345 e. The molecule has 16 heteroatoms. The highest BCUT2D eigenvalue weighted by molar-refractivity contribution is 9.11. The number of carboxylic acid groups (broad SMARTS) is 1. The van der Waals surface area contributed by atoms with Gasteiger partial charge in [0.2, 0.25) is 12.0 Å². The van der Waals surface area contributed by atoms with Crippen molar-refractivity contribution >= 4 is 74.7 Å². The molecule has 5 heterocycles. The molecule has 0 unspecified atom stereocenters. The minimum Gasteiger partial charge on any atom is -0.490 e. The summed E-state index contributed by atoms with van der Waals surface area (Å²) in [6, 6.07) is 6.35. The van der Waals surface area contributed by atoms with Gasteiger partial charge < -0.3 is 33.7 Å². The van der Waals surface area contributed by atoms with Gasteiger partial charge in [-0.05, 0) is 77.8 Å². The third kappa shape index (κ3) is 9.41. The second kappa shape index (κ2) is 17.0. The van der Waals surface area contributed by atoms with Crippen molar-refractivity contribution in [1.29, 1.82) is 0 Å². The van der Waals surface area contributed by atoms with E-state index in [1.807, 2.05) is 13.8 Å². The first kappa shape index (κ1) is 40.0. The first-order valence-electron chi connectivity index (χ1n) is 17.5. The Morgan fingerprint density at radius 1 is 1.08 bits per heavy atom. The summed E-state index contributed by atoms with van der Waals surface area (Å²) in [5, 5.41) is 11.8. The highest BCUT2D eigenvalue weighted by Gasteiger charge is 2.31. The molecule has 0 aliphatic carbocycles. The largest absolute Gasteiger partial charge is 0.490 e. The maximum absolute atomic E-state index is 12.9. The van der Waals surface area contributed by atoms with E-state index in [1.165, 1.54) is 17.7 Å². The number of likely N-dealkylation sites (N-methyl/N-ethyl adjacent to an activating group) is 1. The Morgan fingerprint density at radius 3 is 2.47 bits per heavy atom. The molecule has 4 aromatic rings. The average molecular weight is 869 g/mol. The lowest BCUT2D eigenvalue weighted by Gasteiger charge is -2.35. The lowest BCUT2D eigenvalue weighted by Crippen LogP contribution is -2.49. The third-order valence-corrected chi connectivity index (χ3v) is 13.9. The van der Waals surface area contributed by atoms with Crippen LogP contribution in [0.15, 0.2) is 28.3 Å². The molecule has 7 rings (SSSR count). The van der Waals surface area contributed by atoms with E-state index < -0.39 is 26.3 Å². The van der Waals surface area contributed by atoms with Crippen LogP contribution in [0.4, 0.5) is 0 Å². The topological polar surface area (TPSA) is 116 Å². The van der Waals surface area contributed by atoms with Crippen molar-refractivity contribution in [1.82, 2.24) is 19.8 Å². The second-order valence-electron chi connectivity index (χ2n) is 14.7. The van der Waals surface area contributed by atoms with Gasteiger partial charge in [-0.15, -0.1) is 11.3 Å². The first-order valence-corrected chi connectivity index (χ1v) is 23.6. The van der Waals surface area contributed by atoms with E-state index >= 15 is 0 Å². The predicted molar refractivity (Wildman–Crippen MR) is 216 cm³/mol. The minimum atomic E-state index is -1.34. The van der Waals surface area contributed by atoms with E-state index in [1.54, 1.807) is 18.2 Å². The number of carboxylic acids is 1. The van der Waals surface area contributed by atoms with Crippen molar-refractivity contribution in [2.24, 2.45) is 0 Å². The van der Waals surface area contributed by atoms with Crippen molar-refractivity contribution in [2.75, 3.05) is 59.8 Å². The number of rotatable bonds is 9. The quantitative estimate of drug-likeness (QED) is 0.0998. The number of ether oxygens (including phenoxy) is 5. The number of halogens is 3. The fourth-order valence-corrected chi connectivity index (χ4v) is 9.40. The zero-order valence-corrected chi connectivity index (χ0v) is 35.7. The Labute approximate surface area is 333 Å². The van der Waals surface area contributed by atoms with Gasteiger partial charge in [-0.25, -0.2) is 14.8 Å². The van der Waals surface area contributed by atoms with Crippen molar-refractivity contribution in [2.45, 2.75) is 58.2 Å².